The van der Waals surface area contributed by atoms with Crippen molar-refractivity contribution in [3.05, 3.63) is 104 Å². The van der Waals surface area contributed by atoms with Crippen LogP contribution in [-0.4, -0.2) is 56.7 Å². The fourth-order valence-electron chi connectivity index (χ4n) is 5.21. The number of carbonyl (C=O) groups is 2. The monoisotopic (exact) mass is 722 g/mol. The van der Waals surface area contributed by atoms with E-state index in [2.05, 4.69) is 9.98 Å². The van der Waals surface area contributed by atoms with Crippen LogP contribution in [0.1, 0.15) is 40.6 Å². The van der Waals surface area contributed by atoms with Crippen molar-refractivity contribution < 1.29 is 35.9 Å². The summed E-state index contributed by atoms with van der Waals surface area (Å²) in [5.41, 5.74) is -0.349. The predicted molar refractivity (Wildman–Crippen MR) is 175 cm³/mol. The van der Waals surface area contributed by atoms with Crippen LogP contribution in [-0.2, 0) is 12.4 Å². The van der Waals surface area contributed by atoms with E-state index in [-0.39, 0.29) is 18.1 Å². The number of rotatable bonds is 2. The number of aryl methyl sites for hydroxylation is 2. The molecular formula is C33H32F6N6O2S2. The number of alkyl halides is 6. The number of amides is 4. The zero-order valence-corrected chi connectivity index (χ0v) is 28.3. The highest BCUT2D eigenvalue weighted by Gasteiger charge is 2.31. The largest absolute Gasteiger partial charge is 0.416 e. The van der Waals surface area contributed by atoms with E-state index in [1.165, 1.54) is 46.9 Å². The second-order valence-electron chi connectivity index (χ2n) is 11.4. The minimum absolute atomic E-state index is 0.164. The quantitative estimate of drug-likeness (QED) is 0.155. The average Bonchev–Trinajstić information content (AvgIpc) is 3.85. The van der Waals surface area contributed by atoms with E-state index in [9.17, 15) is 35.9 Å². The Morgan fingerprint density at radius 2 is 1.14 bits per heavy atom. The lowest BCUT2D eigenvalue weighted by atomic mass is 10.2. The van der Waals surface area contributed by atoms with Gasteiger partial charge in [-0.3, -0.25) is 9.13 Å². The number of nitrogens with zero attached hydrogens (tertiary/aromatic N) is 6. The molecule has 2 aromatic heterocycles. The van der Waals surface area contributed by atoms with Gasteiger partial charge < -0.3 is 9.80 Å². The molecule has 16 heteroatoms. The fourth-order valence-corrected chi connectivity index (χ4v) is 6.86. The zero-order valence-electron chi connectivity index (χ0n) is 26.6. The van der Waals surface area contributed by atoms with Crippen molar-refractivity contribution in [2.45, 2.75) is 52.0 Å². The lowest BCUT2D eigenvalue weighted by Crippen LogP contribution is -2.32. The Kier molecular flexibility index (Phi) is 10.7. The maximum Gasteiger partial charge on any atom is 0.416 e. The van der Waals surface area contributed by atoms with Crippen molar-refractivity contribution in [1.29, 1.82) is 0 Å². The summed E-state index contributed by atoms with van der Waals surface area (Å²) < 4.78 is 79.4. The molecule has 260 valence electrons. The molecule has 1 saturated heterocycles. The highest BCUT2D eigenvalue weighted by molar-refractivity contribution is 7.09. The van der Waals surface area contributed by atoms with Gasteiger partial charge in [0.2, 0.25) is 0 Å². The molecule has 0 spiro atoms. The molecule has 1 fully saturated rings. The van der Waals surface area contributed by atoms with Gasteiger partial charge in [0.25, 0.3) is 0 Å². The molecule has 8 nitrogen and oxygen atoms in total. The van der Waals surface area contributed by atoms with Crippen LogP contribution in [0.2, 0.25) is 0 Å². The van der Waals surface area contributed by atoms with Crippen LogP contribution in [0.5, 0.6) is 0 Å². The maximum atomic E-state index is 12.7. The number of carbonyl (C=O) groups excluding carboxylic acids is 2. The standard InChI is InChI=1S/C17H18F3N3OS.C16H14F3N3OS/c1-11-4-3-9-22(11)15(24)21-16-23(10-12(2)25-16)14-7-5-13(6-8-14)17(18,19)20;1-11-10-22(13-6-4-12(5-7-13)16(17,18)19)15(24-11)20-14(23)21-8-2-3-9-21/h5-8,10-11H,3-4,9H2,1-2H3;2-7,10H,8-9H2,1H3/b21-16-;20-15-/t11-;/m0./s1. The second kappa shape index (κ2) is 14.6. The van der Waals surface area contributed by atoms with Crippen molar-refractivity contribution in [1.82, 2.24) is 18.9 Å². The summed E-state index contributed by atoms with van der Waals surface area (Å²) in [5, 5.41) is 0. The minimum Gasteiger partial charge on any atom is -0.320 e. The van der Waals surface area contributed by atoms with Crippen LogP contribution in [0.4, 0.5) is 35.9 Å². The van der Waals surface area contributed by atoms with Gasteiger partial charge in [-0.15, -0.1) is 22.7 Å². The first kappa shape index (κ1) is 35.9. The highest BCUT2D eigenvalue weighted by Crippen LogP contribution is 2.30. The van der Waals surface area contributed by atoms with Gasteiger partial charge in [0.05, 0.1) is 11.1 Å². The molecule has 4 aromatic rings. The van der Waals surface area contributed by atoms with Gasteiger partial charge in [-0.1, -0.05) is 12.2 Å². The third-order valence-electron chi connectivity index (χ3n) is 7.75. The normalized spacial score (nSPS) is 17.1. The Bertz CT molecular complexity index is 1960. The molecule has 1 atom stereocenters. The topological polar surface area (TPSA) is 75.2 Å². The van der Waals surface area contributed by atoms with E-state index < -0.39 is 23.5 Å². The second-order valence-corrected chi connectivity index (χ2v) is 13.9. The third-order valence-corrected chi connectivity index (χ3v) is 9.55. The summed E-state index contributed by atoms with van der Waals surface area (Å²) in [6.07, 6.45) is 0.472. The number of benzene rings is 2. The number of thiazole rings is 2. The van der Waals surface area contributed by atoms with Crippen LogP contribution in [0.15, 0.2) is 83.1 Å². The zero-order chi connectivity index (χ0) is 35.5. The Morgan fingerprint density at radius 3 is 1.53 bits per heavy atom. The van der Waals surface area contributed by atoms with Gasteiger partial charge in [0, 0.05) is 59.2 Å². The van der Waals surface area contributed by atoms with Gasteiger partial charge in [-0.2, -0.15) is 36.3 Å². The summed E-state index contributed by atoms with van der Waals surface area (Å²) in [6.45, 7) is 7.44. The molecule has 0 aliphatic carbocycles. The summed E-state index contributed by atoms with van der Waals surface area (Å²) in [5.74, 6) is 0. The molecule has 4 heterocycles. The lowest BCUT2D eigenvalue weighted by molar-refractivity contribution is -0.138. The average molecular weight is 723 g/mol. The molecule has 2 aliphatic rings. The van der Waals surface area contributed by atoms with E-state index in [1.54, 1.807) is 31.3 Å². The number of hydrogen-bond acceptors (Lipinski definition) is 4. The highest BCUT2D eigenvalue weighted by atomic mass is 32.1. The van der Waals surface area contributed by atoms with Crippen molar-refractivity contribution in [2.75, 3.05) is 19.6 Å². The number of hydrogen-bond donors (Lipinski definition) is 0. The molecule has 49 heavy (non-hydrogen) atoms. The summed E-state index contributed by atoms with van der Waals surface area (Å²) in [6, 6.07) is 9.12. The molecule has 0 radical (unpaired) electrons. The minimum atomic E-state index is -4.38. The summed E-state index contributed by atoms with van der Waals surface area (Å²) in [4.78, 5) is 38.9. The molecular weight excluding hydrogens is 691 g/mol. The molecule has 6 rings (SSSR count). The first-order chi connectivity index (χ1) is 23.1. The number of likely N-dealkylation sites (tertiary alicyclic amines) is 1. The van der Waals surface area contributed by atoms with Gasteiger partial charge in [0.1, 0.15) is 0 Å². The molecule has 0 N–H and O–H groups in total. The third kappa shape index (κ3) is 8.78. The molecule has 4 amide bonds. The SMILES string of the molecule is Cc1cn(-c2ccc(C(F)(F)F)cc2)/c(=N/C(=O)N2CC=CC2)s1.Cc1cn(-c2ccc(C(F)(F)F)cc2)/c(=N/C(=O)N2CCC[C@@H]2C)s1. The van der Waals surface area contributed by atoms with E-state index in [1.807, 2.05) is 32.9 Å². The van der Waals surface area contributed by atoms with E-state index >= 15 is 0 Å². The summed E-state index contributed by atoms with van der Waals surface area (Å²) >= 11 is 2.65. The van der Waals surface area contributed by atoms with Crippen molar-refractivity contribution in [2.24, 2.45) is 9.98 Å². The van der Waals surface area contributed by atoms with Gasteiger partial charge in [-0.25, -0.2) is 9.59 Å². The first-order valence-corrected chi connectivity index (χ1v) is 16.8. The number of halogens is 6. The van der Waals surface area contributed by atoms with Gasteiger partial charge in [0.15, 0.2) is 9.60 Å². The van der Waals surface area contributed by atoms with Crippen molar-refractivity contribution >= 4 is 34.7 Å². The Morgan fingerprint density at radius 1 is 0.714 bits per heavy atom. The molecule has 2 aromatic carbocycles. The molecule has 0 unspecified atom stereocenters. The molecule has 2 aliphatic heterocycles. The predicted octanol–water partition coefficient (Wildman–Crippen LogP) is 8.13. The van der Waals surface area contributed by atoms with Crippen LogP contribution in [0, 0.1) is 13.8 Å². The lowest BCUT2D eigenvalue weighted by Gasteiger charge is -2.18. The fraction of sp³-hybridized carbons (Fsp3) is 0.333. The maximum absolute atomic E-state index is 12.7. The smallest absolute Gasteiger partial charge is 0.320 e. The van der Waals surface area contributed by atoms with Gasteiger partial charge >= 0.3 is 24.4 Å². The van der Waals surface area contributed by atoms with Crippen LogP contribution < -0.4 is 9.60 Å². The Balaban J connectivity index is 0.000000191. The van der Waals surface area contributed by atoms with Crippen molar-refractivity contribution in [3.63, 3.8) is 0 Å². The summed E-state index contributed by atoms with van der Waals surface area (Å²) in [7, 11) is 0. The van der Waals surface area contributed by atoms with Crippen LogP contribution in [0.25, 0.3) is 11.4 Å². The van der Waals surface area contributed by atoms with Crippen LogP contribution in [0.3, 0.4) is 0 Å². The Hall–Kier alpha value is -4.44. The number of urea groups is 2. The molecule has 0 bridgehead atoms. The molecule has 0 saturated carbocycles. The van der Waals surface area contributed by atoms with Crippen LogP contribution >= 0.6 is 22.7 Å². The van der Waals surface area contributed by atoms with E-state index in [0.717, 1.165) is 46.9 Å². The van der Waals surface area contributed by atoms with Crippen molar-refractivity contribution in [3.8, 4) is 11.4 Å². The van der Waals surface area contributed by atoms with E-state index in [0.29, 0.717) is 40.6 Å². The van der Waals surface area contributed by atoms with E-state index in [4.69, 9.17) is 0 Å². The first-order valence-electron chi connectivity index (χ1n) is 15.2. The van der Waals surface area contributed by atoms with Gasteiger partial charge in [-0.05, 0) is 82.1 Å². The Labute approximate surface area is 285 Å². The number of aromatic nitrogens is 2.